The maximum Gasteiger partial charge on any atom is 0.0675 e. The third kappa shape index (κ3) is 1.14. The zero-order chi connectivity index (χ0) is 8.55. The zero-order valence-corrected chi connectivity index (χ0v) is 7.53. The molecular weight excluding hydrogens is 148 g/mol. The summed E-state index contributed by atoms with van der Waals surface area (Å²) in [6.45, 7) is 2.24. The largest absolute Gasteiger partial charge is 0.381 e. The van der Waals surface area contributed by atoms with E-state index in [1.54, 1.807) is 7.11 Å². The van der Waals surface area contributed by atoms with Gasteiger partial charge in [0.15, 0.2) is 0 Å². The van der Waals surface area contributed by atoms with Crippen molar-refractivity contribution in [2.24, 2.45) is 5.92 Å². The summed E-state index contributed by atoms with van der Waals surface area (Å²) in [5.74, 6) is 1.33. The molecule has 1 saturated carbocycles. The Hall–Kier alpha value is -0.820. The molecule has 0 aromatic heterocycles. The fourth-order valence-corrected chi connectivity index (χ4v) is 1.96. The van der Waals surface area contributed by atoms with Gasteiger partial charge in [-0.15, -0.1) is 0 Å². The molecule has 0 N–H and O–H groups in total. The molecule has 3 atom stereocenters. The van der Waals surface area contributed by atoms with E-state index in [0.29, 0.717) is 17.9 Å². The lowest BCUT2D eigenvalue weighted by Crippen LogP contribution is -1.90. The van der Waals surface area contributed by atoms with E-state index >= 15 is 0 Å². The predicted octanol–water partition coefficient (Wildman–Crippen LogP) is 2.43. The van der Waals surface area contributed by atoms with Crippen LogP contribution in [-0.2, 0) is 4.74 Å². The van der Waals surface area contributed by atoms with Crippen LogP contribution >= 0.6 is 0 Å². The molecule has 1 fully saturated rings. The second-order valence-electron chi connectivity index (χ2n) is 3.50. The van der Waals surface area contributed by atoms with Crippen LogP contribution in [0.25, 0.3) is 0 Å². The van der Waals surface area contributed by atoms with E-state index in [0.717, 1.165) is 0 Å². The maximum atomic E-state index is 5.34. The molecule has 0 unspecified atom stereocenters. The molecule has 1 heteroatoms. The highest BCUT2D eigenvalue weighted by Crippen LogP contribution is 2.49. The number of methoxy groups -OCH3 is 1. The van der Waals surface area contributed by atoms with Gasteiger partial charge in [-0.3, -0.25) is 0 Å². The van der Waals surface area contributed by atoms with Gasteiger partial charge in [0.25, 0.3) is 0 Å². The maximum absolute atomic E-state index is 5.34. The van der Waals surface area contributed by atoms with Gasteiger partial charge in [0.05, 0.1) is 6.10 Å². The quantitative estimate of drug-likeness (QED) is 0.649. The SMILES string of the molecule is CO[C@H]1[C@H](C)[C@H]1c1ccccc1. The van der Waals surface area contributed by atoms with Crippen LogP contribution in [0, 0.1) is 5.92 Å². The molecule has 0 saturated heterocycles. The molecule has 64 valence electrons. The number of hydrogen-bond donors (Lipinski definition) is 0. The van der Waals surface area contributed by atoms with E-state index in [1.807, 2.05) is 0 Å². The average molecular weight is 162 g/mol. The first kappa shape index (κ1) is 7.81. The van der Waals surface area contributed by atoms with Gasteiger partial charge in [0, 0.05) is 13.0 Å². The number of benzene rings is 1. The van der Waals surface area contributed by atoms with Gasteiger partial charge in [0.2, 0.25) is 0 Å². The molecule has 1 aliphatic carbocycles. The van der Waals surface area contributed by atoms with Crippen LogP contribution in [0.15, 0.2) is 30.3 Å². The second kappa shape index (κ2) is 2.91. The topological polar surface area (TPSA) is 9.23 Å². The lowest BCUT2D eigenvalue weighted by molar-refractivity contribution is 0.168. The number of hydrogen-bond acceptors (Lipinski definition) is 1. The molecule has 1 aromatic rings. The van der Waals surface area contributed by atoms with Crippen LogP contribution in [0.4, 0.5) is 0 Å². The van der Waals surface area contributed by atoms with Crippen LogP contribution < -0.4 is 0 Å². The van der Waals surface area contributed by atoms with Crippen LogP contribution in [0.5, 0.6) is 0 Å². The van der Waals surface area contributed by atoms with Gasteiger partial charge in [-0.2, -0.15) is 0 Å². The minimum absolute atomic E-state index is 0.451. The third-order valence-electron chi connectivity index (χ3n) is 2.75. The van der Waals surface area contributed by atoms with Crippen LogP contribution in [-0.4, -0.2) is 13.2 Å². The standard InChI is InChI=1S/C11H14O/c1-8-10(11(8)12-2)9-6-4-3-5-7-9/h3-8,10-11H,1-2H3/t8-,10+,11+/m1/s1. The van der Waals surface area contributed by atoms with Crippen molar-refractivity contribution in [1.29, 1.82) is 0 Å². The normalized spacial score (nSPS) is 33.3. The van der Waals surface area contributed by atoms with Crippen molar-refractivity contribution in [3.63, 3.8) is 0 Å². The van der Waals surface area contributed by atoms with Gasteiger partial charge >= 0.3 is 0 Å². The van der Waals surface area contributed by atoms with E-state index in [2.05, 4.69) is 37.3 Å². The highest BCUT2D eigenvalue weighted by Gasteiger charge is 2.47. The molecule has 0 radical (unpaired) electrons. The molecule has 12 heavy (non-hydrogen) atoms. The Kier molecular flexibility index (Phi) is 1.89. The average Bonchev–Trinajstić information content (AvgIpc) is 2.78. The second-order valence-corrected chi connectivity index (χ2v) is 3.50. The van der Waals surface area contributed by atoms with E-state index in [4.69, 9.17) is 4.74 Å². The minimum Gasteiger partial charge on any atom is -0.381 e. The Morgan fingerprint density at radius 1 is 1.17 bits per heavy atom. The Morgan fingerprint density at radius 2 is 1.83 bits per heavy atom. The highest BCUT2D eigenvalue weighted by atomic mass is 16.5. The Balaban J connectivity index is 2.14. The van der Waals surface area contributed by atoms with Crippen molar-refractivity contribution in [3.05, 3.63) is 35.9 Å². The summed E-state index contributed by atoms with van der Waals surface area (Å²) in [5.41, 5.74) is 1.41. The fraction of sp³-hybridized carbons (Fsp3) is 0.455. The molecule has 2 rings (SSSR count). The van der Waals surface area contributed by atoms with Crippen molar-refractivity contribution < 1.29 is 4.74 Å². The Morgan fingerprint density at radius 3 is 2.33 bits per heavy atom. The zero-order valence-electron chi connectivity index (χ0n) is 7.53. The molecule has 0 aliphatic heterocycles. The molecule has 1 aliphatic rings. The molecule has 0 spiro atoms. The van der Waals surface area contributed by atoms with Crippen molar-refractivity contribution in [2.45, 2.75) is 18.9 Å². The van der Waals surface area contributed by atoms with E-state index in [-0.39, 0.29) is 0 Å². The van der Waals surface area contributed by atoms with Gasteiger partial charge < -0.3 is 4.74 Å². The first-order valence-electron chi connectivity index (χ1n) is 4.42. The van der Waals surface area contributed by atoms with Crippen molar-refractivity contribution in [3.8, 4) is 0 Å². The van der Waals surface area contributed by atoms with Crippen molar-refractivity contribution >= 4 is 0 Å². The van der Waals surface area contributed by atoms with Crippen LogP contribution in [0.2, 0.25) is 0 Å². The van der Waals surface area contributed by atoms with Gasteiger partial charge in [-0.1, -0.05) is 37.3 Å². The Labute approximate surface area is 73.4 Å². The summed E-state index contributed by atoms with van der Waals surface area (Å²) in [6.07, 6.45) is 0.451. The molecule has 1 aromatic carbocycles. The lowest BCUT2D eigenvalue weighted by atomic mass is 10.1. The Bertz CT molecular complexity index is 255. The third-order valence-corrected chi connectivity index (χ3v) is 2.75. The lowest BCUT2D eigenvalue weighted by Gasteiger charge is -1.97. The first-order valence-corrected chi connectivity index (χ1v) is 4.42. The summed E-state index contributed by atoms with van der Waals surface area (Å²) < 4.78 is 5.34. The molecule has 0 amide bonds. The minimum atomic E-state index is 0.451. The number of ether oxygens (including phenoxy) is 1. The summed E-state index contributed by atoms with van der Waals surface area (Å²) in [7, 11) is 1.80. The molecule has 1 nitrogen and oxygen atoms in total. The van der Waals surface area contributed by atoms with Gasteiger partial charge in [0.1, 0.15) is 0 Å². The fourth-order valence-electron chi connectivity index (χ4n) is 1.96. The van der Waals surface area contributed by atoms with Crippen molar-refractivity contribution in [1.82, 2.24) is 0 Å². The summed E-state index contributed by atoms with van der Waals surface area (Å²) in [4.78, 5) is 0. The molecular formula is C11H14O. The predicted molar refractivity (Wildman–Crippen MR) is 49.1 cm³/mol. The van der Waals surface area contributed by atoms with Crippen LogP contribution in [0.1, 0.15) is 18.4 Å². The smallest absolute Gasteiger partial charge is 0.0675 e. The van der Waals surface area contributed by atoms with E-state index in [9.17, 15) is 0 Å². The van der Waals surface area contributed by atoms with Gasteiger partial charge in [-0.25, -0.2) is 0 Å². The molecule has 0 bridgehead atoms. The molecule has 0 heterocycles. The highest BCUT2D eigenvalue weighted by molar-refractivity contribution is 5.28. The first-order chi connectivity index (χ1) is 5.84. The van der Waals surface area contributed by atoms with Gasteiger partial charge in [-0.05, 0) is 11.5 Å². The summed E-state index contributed by atoms with van der Waals surface area (Å²) in [6, 6.07) is 10.6. The summed E-state index contributed by atoms with van der Waals surface area (Å²) >= 11 is 0. The van der Waals surface area contributed by atoms with Crippen LogP contribution in [0.3, 0.4) is 0 Å². The summed E-state index contributed by atoms with van der Waals surface area (Å²) in [5, 5.41) is 0. The monoisotopic (exact) mass is 162 g/mol. The van der Waals surface area contributed by atoms with Crippen molar-refractivity contribution in [2.75, 3.05) is 7.11 Å². The van der Waals surface area contributed by atoms with E-state index < -0.39 is 0 Å². The van der Waals surface area contributed by atoms with E-state index in [1.165, 1.54) is 5.56 Å². The number of rotatable bonds is 2.